The Morgan fingerprint density at radius 3 is 1.34 bits per heavy atom. The highest BCUT2D eigenvalue weighted by molar-refractivity contribution is 5.87. The molecule has 0 bridgehead atoms. The zero-order chi connectivity index (χ0) is 41.2. The van der Waals surface area contributed by atoms with E-state index in [-0.39, 0.29) is 24.5 Å². The Hall–Kier alpha value is -2.42. The van der Waals surface area contributed by atoms with Crippen LogP contribution in [0.3, 0.4) is 0 Å². The van der Waals surface area contributed by atoms with Crippen molar-refractivity contribution in [2.24, 2.45) is 0 Å². The number of aliphatic carboxylic acids is 1. The number of carboxylic acid groups (broad SMARTS) is 1. The summed E-state index contributed by atoms with van der Waals surface area (Å²) in [7, 11) is 0. The van der Waals surface area contributed by atoms with Crippen molar-refractivity contribution >= 4 is 23.8 Å². The molecule has 0 aromatic rings. The first kappa shape index (κ1) is 53.6. The van der Waals surface area contributed by atoms with E-state index in [1.165, 1.54) is 148 Å². The summed E-state index contributed by atoms with van der Waals surface area (Å²) in [6, 6.07) is -1.38. The molecular weight excluding hydrogens is 705 g/mol. The van der Waals surface area contributed by atoms with E-state index in [1.54, 1.807) is 0 Å². The van der Waals surface area contributed by atoms with Crippen LogP contribution in [0.15, 0.2) is 12.2 Å². The van der Waals surface area contributed by atoms with Gasteiger partial charge in [0.1, 0.15) is 12.1 Å². The average molecular weight is 793 g/mol. The number of allylic oxidation sites excluding steroid dienone is 2. The normalized spacial score (nSPS) is 12.5. The van der Waals surface area contributed by atoms with Gasteiger partial charge in [-0.25, -0.2) is 4.79 Å². The van der Waals surface area contributed by atoms with Gasteiger partial charge in [-0.15, -0.1) is 0 Å². The van der Waals surface area contributed by atoms with Crippen LogP contribution in [-0.4, -0.2) is 59.3 Å². The number of nitrogens with one attached hydrogen (secondary N) is 2. The first-order valence-corrected chi connectivity index (χ1v) is 23.6. The summed E-state index contributed by atoms with van der Waals surface area (Å²) in [6.07, 6.45) is 45.2. The number of unbranched alkanes of at least 4 members (excludes halogenated alkanes) is 27. The molecule has 0 aromatic carbocycles. The second-order valence-electron chi connectivity index (χ2n) is 16.2. The minimum absolute atomic E-state index is 0.00982. The lowest BCUT2D eigenvalue weighted by atomic mass is 10.0. The van der Waals surface area contributed by atoms with E-state index >= 15 is 0 Å². The first-order chi connectivity index (χ1) is 27.3. The fourth-order valence-electron chi connectivity index (χ4n) is 7.12. The van der Waals surface area contributed by atoms with Gasteiger partial charge in [0.15, 0.2) is 0 Å². The smallest absolute Gasteiger partial charge is 0.328 e. The number of esters is 1. The fraction of sp³-hybridized carbons (Fsp3) is 0.872. The number of aliphatic hydroxyl groups excluding tert-OH is 1. The standard InChI is InChI=1S/C47H88N2O7/c1-3-5-7-9-11-13-15-16-17-18-19-20-22-24-26-31-35-39-46(53)56-42(36-32-28-25-23-21-14-12-10-8-6-4-2)37-33-29-27-30-34-38-44(51)48-40-45(52)49-43(41-50)47(54)55/h16-17,42-43,50H,3-15,18-41H2,1-2H3,(H,48,51)(H,49,52)(H,54,55)/b17-16-. The number of carboxylic acids is 1. The van der Waals surface area contributed by atoms with E-state index < -0.39 is 24.5 Å². The predicted molar refractivity (Wildman–Crippen MR) is 232 cm³/mol. The van der Waals surface area contributed by atoms with Gasteiger partial charge >= 0.3 is 11.9 Å². The molecule has 328 valence electrons. The molecule has 0 spiro atoms. The second kappa shape index (κ2) is 42.2. The predicted octanol–water partition coefficient (Wildman–Crippen LogP) is 11.8. The minimum Gasteiger partial charge on any atom is -0.480 e. The van der Waals surface area contributed by atoms with Crippen molar-refractivity contribution in [3.05, 3.63) is 12.2 Å². The Morgan fingerprint density at radius 1 is 0.518 bits per heavy atom. The quantitative estimate of drug-likeness (QED) is 0.0273. The third-order valence-electron chi connectivity index (χ3n) is 10.8. The van der Waals surface area contributed by atoms with E-state index in [0.717, 1.165) is 57.8 Å². The first-order valence-electron chi connectivity index (χ1n) is 23.6. The lowest BCUT2D eigenvalue weighted by molar-refractivity contribution is -0.150. The molecule has 0 heterocycles. The maximum Gasteiger partial charge on any atom is 0.328 e. The lowest BCUT2D eigenvalue weighted by Gasteiger charge is -2.18. The number of carbonyl (C=O) groups excluding carboxylic acids is 3. The molecule has 0 aromatic heterocycles. The zero-order valence-electron chi connectivity index (χ0n) is 36.4. The maximum absolute atomic E-state index is 12.8. The molecule has 0 fully saturated rings. The monoisotopic (exact) mass is 793 g/mol. The molecule has 0 aliphatic carbocycles. The number of hydrogen-bond acceptors (Lipinski definition) is 6. The van der Waals surface area contributed by atoms with Gasteiger partial charge in [0.05, 0.1) is 13.2 Å². The molecule has 0 rings (SSSR count). The molecule has 2 unspecified atom stereocenters. The van der Waals surface area contributed by atoms with Gasteiger partial charge < -0.3 is 25.6 Å². The summed E-state index contributed by atoms with van der Waals surface area (Å²) in [4.78, 5) is 47.6. The van der Waals surface area contributed by atoms with Crippen molar-refractivity contribution in [1.29, 1.82) is 0 Å². The van der Waals surface area contributed by atoms with Gasteiger partial charge in [-0.1, -0.05) is 174 Å². The Labute approximate surface area is 343 Å². The Bertz CT molecular complexity index is 957. The zero-order valence-corrected chi connectivity index (χ0v) is 36.4. The summed E-state index contributed by atoms with van der Waals surface area (Å²) in [5.41, 5.74) is 0. The van der Waals surface area contributed by atoms with Crippen molar-refractivity contribution in [2.45, 2.75) is 251 Å². The molecule has 0 saturated heterocycles. The van der Waals surface area contributed by atoms with Crippen LogP contribution in [0.25, 0.3) is 0 Å². The molecule has 2 atom stereocenters. The highest BCUT2D eigenvalue weighted by Crippen LogP contribution is 2.19. The molecule has 9 heteroatoms. The molecule has 56 heavy (non-hydrogen) atoms. The number of rotatable bonds is 43. The summed E-state index contributed by atoms with van der Waals surface area (Å²) in [5.74, 6) is -2.28. The van der Waals surface area contributed by atoms with Crippen molar-refractivity contribution in [2.75, 3.05) is 13.2 Å². The summed E-state index contributed by atoms with van der Waals surface area (Å²) >= 11 is 0. The van der Waals surface area contributed by atoms with Gasteiger partial charge in [-0.05, 0) is 64.2 Å². The molecule has 0 saturated carbocycles. The Kier molecular flexibility index (Phi) is 40.4. The molecule has 0 radical (unpaired) electrons. The number of hydrogen-bond donors (Lipinski definition) is 4. The molecule has 0 aliphatic rings. The Balaban J connectivity index is 4.24. The molecule has 4 N–H and O–H groups in total. The number of amides is 2. The molecule has 0 aliphatic heterocycles. The third kappa shape index (κ3) is 38.5. The van der Waals surface area contributed by atoms with Crippen LogP contribution < -0.4 is 10.6 Å². The Morgan fingerprint density at radius 2 is 0.911 bits per heavy atom. The summed E-state index contributed by atoms with van der Waals surface area (Å²) in [5, 5.41) is 22.6. The van der Waals surface area contributed by atoms with Gasteiger partial charge in [-0.3, -0.25) is 14.4 Å². The van der Waals surface area contributed by atoms with Crippen LogP contribution in [0.5, 0.6) is 0 Å². The van der Waals surface area contributed by atoms with Gasteiger partial charge in [0.2, 0.25) is 11.8 Å². The van der Waals surface area contributed by atoms with E-state index in [9.17, 15) is 19.2 Å². The van der Waals surface area contributed by atoms with Crippen molar-refractivity contribution in [1.82, 2.24) is 10.6 Å². The largest absolute Gasteiger partial charge is 0.480 e. The summed E-state index contributed by atoms with van der Waals surface area (Å²) < 4.78 is 6.04. The van der Waals surface area contributed by atoms with Crippen LogP contribution in [0.2, 0.25) is 0 Å². The van der Waals surface area contributed by atoms with E-state index in [4.69, 9.17) is 14.9 Å². The van der Waals surface area contributed by atoms with Gasteiger partial charge in [0.25, 0.3) is 0 Å². The molecule has 9 nitrogen and oxygen atoms in total. The highest BCUT2D eigenvalue weighted by atomic mass is 16.5. The molecule has 2 amide bonds. The topological polar surface area (TPSA) is 142 Å². The van der Waals surface area contributed by atoms with Crippen LogP contribution in [0, 0.1) is 0 Å². The molecular formula is C47H88N2O7. The van der Waals surface area contributed by atoms with Gasteiger partial charge in [-0.2, -0.15) is 0 Å². The second-order valence-corrected chi connectivity index (χ2v) is 16.2. The van der Waals surface area contributed by atoms with Crippen molar-refractivity contribution in [3.63, 3.8) is 0 Å². The van der Waals surface area contributed by atoms with Gasteiger partial charge in [0, 0.05) is 12.8 Å². The average Bonchev–Trinajstić information content (AvgIpc) is 3.18. The van der Waals surface area contributed by atoms with Crippen molar-refractivity contribution < 1.29 is 34.1 Å². The number of carbonyl (C=O) groups is 4. The van der Waals surface area contributed by atoms with E-state index in [1.807, 2.05) is 0 Å². The fourth-order valence-corrected chi connectivity index (χ4v) is 7.12. The number of aliphatic hydroxyl groups is 1. The highest BCUT2D eigenvalue weighted by Gasteiger charge is 2.19. The third-order valence-corrected chi connectivity index (χ3v) is 10.8. The van der Waals surface area contributed by atoms with Crippen LogP contribution in [0.4, 0.5) is 0 Å². The lowest BCUT2D eigenvalue weighted by Crippen LogP contribution is -2.47. The van der Waals surface area contributed by atoms with Crippen LogP contribution >= 0.6 is 0 Å². The van der Waals surface area contributed by atoms with Crippen LogP contribution in [-0.2, 0) is 23.9 Å². The van der Waals surface area contributed by atoms with E-state index in [0.29, 0.717) is 19.3 Å². The number of ether oxygens (including phenoxy) is 1. The minimum atomic E-state index is -1.38. The maximum atomic E-state index is 12.8. The van der Waals surface area contributed by atoms with Crippen LogP contribution in [0.1, 0.15) is 239 Å². The summed E-state index contributed by atoms with van der Waals surface area (Å²) in [6.45, 7) is 3.50. The SMILES string of the molecule is CCCCCCCC/C=C\CCCCCCCCCC(=O)OC(CCCCCCCCCCCCC)CCCCCCCC(=O)NCC(=O)NC(CO)C(=O)O. The van der Waals surface area contributed by atoms with E-state index in [2.05, 4.69) is 36.6 Å². The van der Waals surface area contributed by atoms with Crippen molar-refractivity contribution in [3.8, 4) is 0 Å².